The number of anilines is 1. The van der Waals surface area contributed by atoms with Crippen LogP contribution in [0.1, 0.15) is 37.7 Å². The second-order valence-electron chi connectivity index (χ2n) is 8.98. The topological polar surface area (TPSA) is 67.6 Å². The van der Waals surface area contributed by atoms with Crippen LogP contribution in [0.3, 0.4) is 0 Å². The number of carbonyl (C=O) groups excluding carboxylic acids is 1. The summed E-state index contributed by atoms with van der Waals surface area (Å²) in [6.45, 7) is 1.70. The minimum Gasteiger partial charge on any atom is -0.497 e. The van der Waals surface area contributed by atoms with Gasteiger partial charge in [0.1, 0.15) is 11.3 Å². The van der Waals surface area contributed by atoms with Crippen LogP contribution in [0.2, 0.25) is 0 Å². The number of fused-ring (bicyclic) bond motifs is 1. The van der Waals surface area contributed by atoms with E-state index in [1.54, 1.807) is 7.11 Å². The van der Waals surface area contributed by atoms with Crippen molar-refractivity contribution < 1.29 is 13.9 Å². The number of oxazole rings is 1. The maximum absolute atomic E-state index is 12.8. The van der Waals surface area contributed by atoms with Crippen LogP contribution >= 0.6 is 0 Å². The molecule has 0 radical (unpaired) electrons. The van der Waals surface area contributed by atoms with Gasteiger partial charge in [-0.1, -0.05) is 30.3 Å². The van der Waals surface area contributed by atoms with E-state index in [4.69, 9.17) is 9.15 Å². The smallest absolute Gasteiger partial charge is 0.298 e. The maximum Gasteiger partial charge on any atom is 0.298 e. The first-order valence-corrected chi connectivity index (χ1v) is 11.2. The molecular formula is C25H29N3O3. The van der Waals surface area contributed by atoms with Gasteiger partial charge >= 0.3 is 0 Å². The summed E-state index contributed by atoms with van der Waals surface area (Å²) in [5.41, 5.74) is 2.81. The van der Waals surface area contributed by atoms with Crippen molar-refractivity contribution in [1.29, 1.82) is 0 Å². The lowest BCUT2D eigenvalue weighted by Gasteiger charge is -2.31. The molecule has 1 saturated carbocycles. The van der Waals surface area contributed by atoms with Gasteiger partial charge in [-0.25, -0.2) is 0 Å². The quantitative estimate of drug-likeness (QED) is 0.617. The Hall–Kier alpha value is -3.02. The summed E-state index contributed by atoms with van der Waals surface area (Å²) < 4.78 is 11.3. The Morgan fingerprint density at radius 3 is 2.87 bits per heavy atom. The third-order valence-corrected chi connectivity index (χ3v) is 6.49. The number of rotatable bonds is 7. The third-order valence-electron chi connectivity index (χ3n) is 6.49. The van der Waals surface area contributed by atoms with Crippen LogP contribution in [-0.4, -0.2) is 36.6 Å². The van der Waals surface area contributed by atoms with Crippen molar-refractivity contribution in [2.24, 2.45) is 5.92 Å². The number of methoxy groups -OCH3 is 1. The number of benzene rings is 2. The van der Waals surface area contributed by atoms with Crippen LogP contribution in [0.15, 0.2) is 52.9 Å². The molecule has 2 heterocycles. The molecule has 6 heteroatoms. The van der Waals surface area contributed by atoms with Gasteiger partial charge in [-0.3, -0.25) is 4.79 Å². The summed E-state index contributed by atoms with van der Waals surface area (Å²) >= 11 is 0. The molecule has 0 bridgehead atoms. The highest BCUT2D eigenvalue weighted by Gasteiger charge is 2.44. The van der Waals surface area contributed by atoms with E-state index in [1.807, 2.05) is 24.3 Å². The molecule has 1 atom stereocenters. The average Bonchev–Trinajstić information content (AvgIpc) is 3.38. The van der Waals surface area contributed by atoms with Gasteiger partial charge in [0.05, 0.1) is 7.11 Å². The van der Waals surface area contributed by atoms with Gasteiger partial charge in [0.25, 0.3) is 6.01 Å². The first-order valence-electron chi connectivity index (χ1n) is 11.2. The number of nitrogens with zero attached hydrogens (tertiary/aromatic N) is 2. The highest BCUT2D eigenvalue weighted by Crippen LogP contribution is 2.39. The first-order chi connectivity index (χ1) is 15.1. The van der Waals surface area contributed by atoms with E-state index in [9.17, 15) is 4.79 Å². The van der Waals surface area contributed by atoms with Crippen LogP contribution in [0, 0.1) is 5.92 Å². The standard InChI is InChI=1S/C25H29N3O3/c1-30-20-9-10-22-21(15-20)26-24(31-22)28-13-5-8-19(17-28)14-23(29)27-25(11-12-25)16-18-6-3-2-4-7-18/h2-4,6-7,9-10,15,19H,5,8,11-14,16-17H2,1H3,(H,27,29). The van der Waals surface area contributed by atoms with Crippen LogP contribution in [-0.2, 0) is 11.2 Å². The lowest BCUT2D eigenvalue weighted by atomic mass is 9.94. The SMILES string of the molecule is COc1ccc2oc(N3CCCC(CC(=O)NC4(Cc5ccccc5)CC4)C3)nc2c1. The number of carbonyl (C=O) groups is 1. The fourth-order valence-electron chi connectivity index (χ4n) is 4.66. The number of hydrogen-bond donors (Lipinski definition) is 1. The fraction of sp³-hybridized carbons (Fsp3) is 0.440. The van der Waals surface area contributed by atoms with E-state index in [0.717, 1.165) is 62.0 Å². The number of hydrogen-bond acceptors (Lipinski definition) is 5. The Morgan fingerprint density at radius 1 is 1.26 bits per heavy atom. The van der Waals surface area contributed by atoms with Crippen molar-refractivity contribution in [3.63, 3.8) is 0 Å². The molecular weight excluding hydrogens is 390 g/mol. The van der Waals surface area contributed by atoms with Crippen LogP contribution in [0.5, 0.6) is 5.75 Å². The fourth-order valence-corrected chi connectivity index (χ4v) is 4.66. The number of piperidine rings is 1. The van der Waals surface area contributed by atoms with Gasteiger partial charge in [-0.15, -0.1) is 0 Å². The minimum atomic E-state index is -0.0356. The monoisotopic (exact) mass is 419 g/mol. The summed E-state index contributed by atoms with van der Waals surface area (Å²) in [5, 5.41) is 3.34. The van der Waals surface area contributed by atoms with E-state index in [-0.39, 0.29) is 11.4 Å². The Labute approximate surface area is 182 Å². The largest absolute Gasteiger partial charge is 0.497 e. The molecule has 1 aromatic heterocycles. The second kappa shape index (κ2) is 8.25. The predicted molar refractivity (Wildman–Crippen MR) is 120 cm³/mol. The predicted octanol–water partition coefficient (Wildman–Crippen LogP) is 4.33. The molecule has 2 fully saturated rings. The normalized spacial score (nSPS) is 19.9. The van der Waals surface area contributed by atoms with E-state index in [2.05, 4.69) is 39.5 Å². The van der Waals surface area contributed by atoms with Crippen molar-refractivity contribution in [2.45, 2.75) is 44.1 Å². The molecule has 1 amide bonds. The van der Waals surface area contributed by atoms with E-state index in [1.165, 1.54) is 5.56 Å². The molecule has 162 valence electrons. The molecule has 3 aromatic rings. The average molecular weight is 420 g/mol. The zero-order chi connectivity index (χ0) is 21.3. The molecule has 31 heavy (non-hydrogen) atoms. The van der Waals surface area contributed by atoms with Crippen molar-refractivity contribution in [3.8, 4) is 5.75 Å². The van der Waals surface area contributed by atoms with Gasteiger partial charge in [-0.05, 0) is 55.7 Å². The first kappa shape index (κ1) is 19.9. The molecule has 1 N–H and O–H groups in total. The minimum absolute atomic E-state index is 0.0356. The van der Waals surface area contributed by atoms with E-state index in [0.29, 0.717) is 18.4 Å². The Bertz CT molecular complexity index is 1060. The zero-order valence-electron chi connectivity index (χ0n) is 18.0. The number of ether oxygens (including phenoxy) is 1. The van der Waals surface area contributed by atoms with Crippen molar-refractivity contribution in [3.05, 3.63) is 54.1 Å². The number of aromatic nitrogens is 1. The molecule has 1 saturated heterocycles. The van der Waals surface area contributed by atoms with Crippen LogP contribution in [0.4, 0.5) is 6.01 Å². The summed E-state index contributed by atoms with van der Waals surface area (Å²) in [6, 6.07) is 16.7. The summed E-state index contributed by atoms with van der Waals surface area (Å²) in [5.74, 6) is 1.25. The van der Waals surface area contributed by atoms with E-state index < -0.39 is 0 Å². The lowest BCUT2D eigenvalue weighted by molar-refractivity contribution is -0.123. The Balaban J connectivity index is 1.19. The van der Waals surface area contributed by atoms with Crippen molar-refractivity contribution in [1.82, 2.24) is 10.3 Å². The van der Waals surface area contributed by atoms with Crippen molar-refractivity contribution >= 4 is 23.0 Å². The second-order valence-corrected chi connectivity index (χ2v) is 8.98. The molecule has 6 nitrogen and oxygen atoms in total. The molecule has 5 rings (SSSR count). The highest BCUT2D eigenvalue weighted by molar-refractivity contribution is 5.78. The third kappa shape index (κ3) is 4.53. The molecule has 1 aliphatic carbocycles. The van der Waals surface area contributed by atoms with Gasteiger partial charge in [0, 0.05) is 31.1 Å². The van der Waals surface area contributed by atoms with E-state index >= 15 is 0 Å². The van der Waals surface area contributed by atoms with Gasteiger partial charge in [0.2, 0.25) is 5.91 Å². The molecule has 1 aliphatic heterocycles. The van der Waals surface area contributed by atoms with Gasteiger partial charge in [0.15, 0.2) is 5.58 Å². The highest BCUT2D eigenvalue weighted by atomic mass is 16.5. The van der Waals surface area contributed by atoms with Crippen LogP contribution < -0.4 is 15.0 Å². The summed E-state index contributed by atoms with van der Waals surface area (Å²) in [7, 11) is 1.65. The van der Waals surface area contributed by atoms with Crippen LogP contribution in [0.25, 0.3) is 11.1 Å². The molecule has 2 aliphatic rings. The van der Waals surface area contributed by atoms with Crippen molar-refractivity contribution in [2.75, 3.05) is 25.1 Å². The molecule has 0 spiro atoms. The summed E-state index contributed by atoms with van der Waals surface area (Å²) in [6.07, 6.45) is 5.70. The maximum atomic E-state index is 12.8. The Kier molecular flexibility index (Phi) is 5.30. The zero-order valence-corrected chi connectivity index (χ0v) is 18.0. The molecule has 2 aromatic carbocycles. The van der Waals surface area contributed by atoms with Gasteiger partial charge < -0.3 is 19.4 Å². The van der Waals surface area contributed by atoms with Gasteiger partial charge in [-0.2, -0.15) is 4.98 Å². The molecule has 1 unspecified atom stereocenters. The number of nitrogens with one attached hydrogen (secondary N) is 1. The Morgan fingerprint density at radius 2 is 2.10 bits per heavy atom. The number of amides is 1. The lowest BCUT2D eigenvalue weighted by Crippen LogP contribution is -2.42. The summed E-state index contributed by atoms with van der Waals surface area (Å²) in [4.78, 5) is 19.7.